The van der Waals surface area contributed by atoms with Gasteiger partial charge in [0, 0.05) is 0 Å². The van der Waals surface area contributed by atoms with Gasteiger partial charge in [-0.3, -0.25) is 0 Å². The molecule has 0 aliphatic carbocycles. The molecule has 0 saturated heterocycles. The van der Waals surface area contributed by atoms with E-state index in [0.717, 1.165) is 0 Å². The Bertz CT molecular complexity index is 31.8. The van der Waals surface area contributed by atoms with Gasteiger partial charge >= 0.3 is 37.7 Å². The van der Waals surface area contributed by atoms with E-state index in [2.05, 4.69) is 0 Å². The first-order chi connectivity index (χ1) is 1.73. The summed E-state index contributed by atoms with van der Waals surface area (Å²) in [5, 5.41) is 16.7. The van der Waals surface area contributed by atoms with Crippen LogP contribution >= 0.6 is 0 Å². The van der Waals surface area contributed by atoms with Crippen molar-refractivity contribution in [3.63, 3.8) is 0 Å². The summed E-state index contributed by atoms with van der Waals surface area (Å²) >= 11 is 0. The summed E-state index contributed by atoms with van der Waals surface area (Å²) in [6.07, 6.45) is -2.33. The fourth-order valence-corrected chi connectivity index (χ4v) is 0. The smallest absolute Gasteiger partial charge is 0.652 e. The molecule has 0 bridgehead atoms. The number of carbonyl (C=O) groups is 1. The molecule has 0 atom stereocenters. The van der Waals surface area contributed by atoms with Crippen LogP contribution in [0.2, 0.25) is 0 Å². The monoisotopic (exact) mass is 74.0 g/mol. The molecule has 0 aromatic rings. The maximum Gasteiger partial charge on any atom is 1.00 e. The van der Waals surface area contributed by atoms with E-state index in [1.807, 2.05) is 0 Å². The predicted octanol–water partition coefficient (Wildman–Crippen LogP) is -8.44. The number of carboxylic acid groups (broad SMARTS) is 2. The first-order valence-electron chi connectivity index (χ1n) is 0.612. The van der Waals surface area contributed by atoms with Crippen molar-refractivity contribution < 1.29 is 52.7 Å². The molecule has 0 N–H and O–H groups in total. The molecule has 5 heteroatoms. The Balaban J connectivity index is -0.0000000450. The molecule has 3 nitrogen and oxygen atoms in total. The molecule has 0 aromatic carbocycles. The van der Waals surface area contributed by atoms with Gasteiger partial charge in [-0.25, -0.2) is 0 Å². The van der Waals surface area contributed by atoms with E-state index in [0.29, 0.717) is 0 Å². The molecule has 0 rings (SSSR count). The van der Waals surface area contributed by atoms with Crippen molar-refractivity contribution in [1.82, 2.24) is 0 Å². The molecule has 0 aliphatic rings. The van der Waals surface area contributed by atoms with Crippen molar-refractivity contribution in [2.45, 2.75) is 0 Å². The van der Waals surface area contributed by atoms with Crippen molar-refractivity contribution in [3.05, 3.63) is 0 Å². The van der Waals surface area contributed by atoms with E-state index in [-0.39, 0.29) is 37.7 Å². The first-order valence-corrected chi connectivity index (χ1v) is 0.612. The van der Waals surface area contributed by atoms with Crippen molar-refractivity contribution in [1.29, 1.82) is 0 Å². The SMILES string of the molecule is O=C([O-])[O-].[7Li+].[7Li+]. The van der Waals surface area contributed by atoms with Crippen LogP contribution in [-0.4, -0.2) is 6.16 Å². The van der Waals surface area contributed by atoms with E-state index in [1.54, 1.807) is 0 Å². The van der Waals surface area contributed by atoms with Crippen molar-refractivity contribution in [2.24, 2.45) is 0 Å². The number of carbonyl (C=O) groups excluding carboxylic acids is 1. The van der Waals surface area contributed by atoms with Crippen LogP contribution < -0.4 is 47.9 Å². The van der Waals surface area contributed by atoms with Crippen LogP contribution in [0.3, 0.4) is 0 Å². The maximum atomic E-state index is 8.33. The minimum atomic E-state index is -2.33. The minimum Gasteiger partial charge on any atom is -0.652 e. The second kappa shape index (κ2) is 9.07. The summed E-state index contributed by atoms with van der Waals surface area (Å²) in [5.41, 5.74) is 0. The van der Waals surface area contributed by atoms with Gasteiger partial charge in [-0.2, -0.15) is 0 Å². The Labute approximate surface area is 59.1 Å². The van der Waals surface area contributed by atoms with Gasteiger partial charge in [-0.05, 0) is 6.16 Å². The topological polar surface area (TPSA) is 63.2 Å². The van der Waals surface area contributed by atoms with Crippen molar-refractivity contribution in [2.75, 3.05) is 0 Å². The fourth-order valence-electron chi connectivity index (χ4n) is 0. The first kappa shape index (κ1) is 16.1. The molecule has 24 valence electrons. The van der Waals surface area contributed by atoms with Gasteiger partial charge in [-0.15, -0.1) is 0 Å². The van der Waals surface area contributed by atoms with E-state index in [9.17, 15) is 0 Å². The summed E-state index contributed by atoms with van der Waals surface area (Å²) in [5.74, 6) is 0. The van der Waals surface area contributed by atoms with Gasteiger partial charge in [0.25, 0.3) is 0 Å². The van der Waals surface area contributed by atoms with Crippen molar-refractivity contribution >= 4 is 6.16 Å². The second-order valence-corrected chi connectivity index (χ2v) is 0.250. The van der Waals surface area contributed by atoms with Gasteiger partial charge < -0.3 is 15.0 Å². The second-order valence-electron chi connectivity index (χ2n) is 0.250. The quantitative estimate of drug-likeness (QED) is 0.268. The van der Waals surface area contributed by atoms with E-state index in [4.69, 9.17) is 15.0 Å². The molecule has 6 heavy (non-hydrogen) atoms. The molecular weight excluding hydrogens is 74.0 g/mol. The number of rotatable bonds is 0. The zero-order valence-electron chi connectivity index (χ0n) is 3.72. The Morgan fingerprint density at radius 3 is 1.17 bits per heavy atom. The Morgan fingerprint density at radius 2 is 1.17 bits per heavy atom. The Morgan fingerprint density at radius 1 is 1.17 bits per heavy atom. The third-order valence-electron chi connectivity index (χ3n) is 0. The third kappa shape index (κ3) is 248. The van der Waals surface area contributed by atoms with Crippen LogP contribution in [0.5, 0.6) is 0 Å². The van der Waals surface area contributed by atoms with Gasteiger partial charge in [-0.1, -0.05) is 0 Å². The summed E-state index contributed by atoms with van der Waals surface area (Å²) in [6, 6.07) is 0. The van der Waals surface area contributed by atoms with E-state index < -0.39 is 6.16 Å². The largest absolute Gasteiger partial charge is 1.00 e. The Kier molecular flexibility index (Phi) is 24.3. The molecule has 0 saturated carbocycles. The normalized spacial score (nSPS) is 4.00. The van der Waals surface area contributed by atoms with Gasteiger partial charge in [0.2, 0.25) is 0 Å². The van der Waals surface area contributed by atoms with Crippen LogP contribution in [-0.2, 0) is 0 Å². The predicted molar refractivity (Wildman–Crippen MR) is 5.40 cm³/mol. The van der Waals surface area contributed by atoms with Crippen LogP contribution in [0.15, 0.2) is 0 Å². The number of hydrogen-bond acceptors (Lipinski definition) is 3. The maximum absolute atomic E-state index is 8.33. The Hall–Kier alpha value is 0.465. The summed E-state index contributed by atoms with van der Waals surface area (Å²) in [7, 11) is 0. The van der Waals surface area contributed by atoms with E-state index in [1.165, 1.54) is 0 Å². The third-order valence-corrected chi connectivity index (χ3v) is 0. The fraction of sp³-hybridized carbons (Fsp3) is 0. The number of hydrogen-bond donors (Lipinski definition) is 0. The minimum absolute atomic E-state index is 0. The van der Waals surface area contributed by atoms with Gasteiger partial charge in [0.05, 0.1) is 0 Å². The molecular formula is CLi2O3. The molecule has 0 heterocycles. The van der Waals surface area contributed by atoms with Gasteiger partial charge in [0.1, 0.15) is 0 Å². The summed E-state index contributed by atoms with van der Waals surface area (Å²) in [4.78, 5) is 8.33. The molecule has 0 fully saturated rings. The average molecular weight is 74.0 g/mol. The molecule has 0 unspecified atom stereocenters. The van der Waals surface area contributed by atoms with Gasteiger partial charge in [0.15, 0.2) is 0 Å². The standard InChI is InChI=1S/CH2O3.2Li/c2-1(3)4;;/h(H2,2,3,4);;/q;2*+1/p-2/i;2*1+0. The molecule has 0 radical (unpaired) electrons. The van der Waals surface area contributed by atoms with E-state index >= 15 is 0 Å². The molecule has 0 aromatic heterocycles. The van der Waals surface area contributed by atoms with Crippen LogP contribution in [0.4, 0.5) is 4.79 Å². The summed E-state index contributed by atoms with van der Waals surface area (Å²) < 4.78 is 0. The zero-order valence-corrected chi connectivity index (χ0v) is 3.72. The summed E-state index contributed by atoms with van der Waals surface area (Å²) in [6.45, 7) is 0. The average Bonchev–Trinajstić information content (AvgIpc) is 0.811. The van der Waals surface area contributed by atoms with Crippen molar-refractivity contribution in [3.8, 4) is 0 Å². The van der Waals surface area contributed by atoms with Crippen LogP contribution in [0.25, 0.3) is 0 Å². The molecule has 0 amide bonds. The zero-order chi connectivity index (χ0) is 3.58. The molecule has 0 aliphatic heterocycles. The van der Waals surface area contributed by atoms with Crippen LogP contribution in [0.1, 0.15) is 0 Å². The van der Waals surface area contributed by atoms with Crippen LogP contribution in [0, 0.1) is 0 Å². The molecule has 0 spiro atoms.